The Bertz CT molecular complexity index is 245. The molecule has 2 aliphatic rings. The maximum absolute atomic E-state index is 3.65. The molecule has 16 heavy (non-hydrogen) atoms. The van der Waals surface area contributed by atoms with Crippen molar-refractivity contribution < 1.29 is 0 Å². The lowest BCUT2D eigenvalue weighted by Crippen LogP contribution is -2.48. The second-order valence-electron chi connectivity index (χ2n) is 7.20. The molecule has 1 atom stereocenters. The Labute approximate surface area is 101 Å². The minimum Gasteiger partial charge on any atom is -0.310 e. The van der Waals surface area contributed by atoms with Crippen LogP contribution in [-0.2, 0) is 0 Å². The van der Waals surface area contributed by atoms with E-state index in [9.17, 15) is 0 Å². The molecule has 2 rings (SSSR count). The van der Waals surface area contributed by atoms with Crippen molar-refractivity contribution in [3.05, 3.63) is 0 Å². The van der Waals surface area contributed by atoms with Crippen LogP contribution in [0.25, 0.3) is 0 Å². The summed E-state index contributed by atoms with van der Waals surface area (Å²) in [6, 6.07) is 0.842. The van der Waals surface area contributed by atoms with Crippen LogP contribution in [0.1, 0.15) is 53.4 Å². The Hall–Kier alpha value is -0.0800. The molecule has 0 spiro atoms. The lowest BCUT2D eigenvalue weighted by molar-refractivity contribution is 0.161. The van der Waals surface area contributed by atoms with Crippen molar-refractivity contribution in [1.29, 1.82) is 0 Å². The van der Waals surface area contributed by atoms with Crippen LogP contribution in [-0.4, -0.2) is 36.1 Å². The molecular weight excluding hydrogens is 196 g/mol. The average Bonchev–Trinajstić information content (AvgIpc) is 2.40. The lowest BCUT2D eigenvalue weighted by Gasteiger charge is -2.34. The van der Waals surface area contributed by atoms with Crippen LogP contribution in [0.15, 0.2) is 0 Å². The van der Waals surface area contributed by atoms with E-state index in [1.807, 2.05) is 0 Å². The number of nitrogens with zero attached hydrogens (tertiary/aromatic N) is 1. The summed E-state index contributed by atoms with van der Waals surface area (Å²) < 4.78 is 0. The summed E-state index contributed by atoms with van der Waals surface area (Å²) in [5.74, 6) is 0. The quantitative estimate of drug-likeness (QED) is 0.736. The van der Waals surface area contributed by atoms with Crippen molar-refractivity contribution in [1.82, 2.24) is 10.2 Å². The van der Waals surface area contributed by atoms with Gasteiger partial charge >= 0.3 is 0 Å². The predicted molar refractivity (Wildman–Crippen MR) is 69.7 cm³/mol. The first kappa shape index (κ1) is 12.4. The molecule has 2 fully saturated rings. The minimum atomic E-state index is 0.295. The number of nitrogens with one attached hydrogen (secondary N) is 1. The molecule has 1 unspecified atom stereocenters. The van der Waals surface area contributed by atoms with Crippen molar-refractivity contribution >= 4 is 0 Å². The third kappa shape index (κ3) is 2.98. The van der Waals surface area contributed by atoms with Crippen LogP contribution in [0.5, 0.6) is 0 Å². The van der Waals surface area contributed by atoms with Gasteiger partial charge in [0.25, 0.3) is 0 Å². The highest BCUT2D eigenvalue weighted by molar-refractivity contribution is 4.93. The Kier molecular flexibility index (Phi) is 3.33. The molecule has 2 nitrogen and oxygen atoms in total. The molecule has 0 radical (unpaired) electrons. The SMILES string of the molecule is CC1(C)CCC(N2CCCNC(C)(C)C2)C1. The topological polar surface area (TPSA) is 15.3 Å². The second-order valence-corrected chi connectivity index (χ2v) is 7.20. The highest BCUT2D eigenvalue weighted by Crippen LogP contribution is 2.39. The van der Waals surface area contributed by atoms with Gasteiger partial charge in [0.15, 0.2) is 0 Å². The van der Waals surface area contributed by atoms with E-state index < -0.39 is 0 Å². The first-order chi connectivity index (χ1) is 7.38. The molecule has 94 valence electrons. The minimum absolute atomic E-state index is 0.295. The fraction of sp³-hybridized carbons (Fsp3) is 1.00. The predicted octanol–water partition coefficient (Wildman–Crippen LogP) is 2.64. The zero-order valence-corrected chi connectivity index (χ0v) is 11.5. The fourth-order valence-corrected chi connectivity index (χ4v) is 3.37. The van der Waals surface area contributed by atoms with Gasteiger partial charge in [0, 0.05) is 18.1 Å². The fourth-order valence-electron chi connectivity index (χ4n) is 3.37. The molecule has 0 amide bonds. The van der Waals surface area contributed by atoms with E-state index in [1.54, 1.807) is 0 Å². The Morgan fingerprint density at radius 1 is 1.19 bits per heavy atom. The van der Waals surface area contributed by atoms with E-state index in [0.29, 0.717) is 11.0 Å². The summed E-state index contributed by atoms with van der Waals surface area (Å²) in [6.07, 6.45) is 5.51. The maximum Gasteiger partial charge on any atom is 0.0252 e. The van der Waals surface area contributed by atoms with Crippen LogP contribution in [0, 0.1) is 5.41 Å². The van der Waals surface area contributed by atoms with Gasteiger partial charge in [-0.25, -0.2) is 0 Å². The molecule has 0 bridgehead atoms. The molecule has 1 aliphatic carbocycles. The van der Waals surface area contributed by atoms with Gasteiger partial charge in [-0.15, -0.1) is 0 Å². The largest absolute Gasteiger partial charge is 0.310 e. The lowest BCUT2D eigenvalue weighted by atomic mass is 9.91. The molecular formula is C14H28N2. The van der Waals surface area contributed by atoms with Crippen LogP contribution < -0.4 is 5.32 Å². The van der Waals surface area contributed by atoms with Crippen LogP contribution >= 0.6 is 0 Å². The van der Waals surface area contributed by atoms with Gasteiger partial charge < -0.3 is 5.32 Å². The van der Waals surface area contributed by atoms with Gasteiger partial charge in [0.05, 0.1) is 0 Å². The smallest absolute Gasteiger partial charge is 0.0252 e. The molecule has 0 aromatic carbocycles. The van der Waals surface area contributed by atoms with Gasteiger partial charge in [-0.3, -0.25) is 4.90 Å². The molecule has 0 aromatic heterocycles. The van der Waals surface area contributed by atoms with E-state index in [4.69, 9.17) is 0 Å². The standard InChI is InChI=1S/C14H28N2/c1-13(2)7-6-12(10-13)16-9-5-8-15-14(3,4)11-16/h12,15H,5-11H2,1-4H3. The first-order valence-corrected chi connectivity index (χ1v) is 6.87. The normalized spacial score (nSPS) is 34.9. The van der Waals surface area contributed by atoms with Gasteiger partial charge in [-0.05, 0) is 58.0 Å². The first-order valence-electron chi connectivity index (χ1n) is 6.87. The monoisotopic (exact) mass is 224 g/mol. The maximum atomic E-state index is 3.65. The third-order valence-electron chi connectivity index (χ3n) is 4.28. The van der Waals surface area contributed by atoms with E-state index in [0.717, 1.165) is 6.04 Å². The molecule has 1 saturated heterocycles. The number of hydrogen-bond acceptors (Lipinski definition) is 2. The van der Waals surface area contributed by atoms with Gasteiger partial charge in [-0.1, -0.05) is 13.8 Å². The van der Waals surface area contributed by atoms with Crippen LogP contribution in [0.2, 0.25) is 0 Å². The number of rotatable bonds is 1. The van der Waals surface area contributed by atoms with Crippen molar-refractivity contribution in [2.24, 2.45) is 5.41 Å². The highest BCUT2D eigenvalue weighted by Gasteiger charge is 2.36. The van der Waals surface area contributed by atoms with Crippen molar-refractivity contribution in [3.63, 3.8) is 0 Å². The van der Waals surface area contributed by atoms with Crippen LogP contribution in [0.3, 0.4) is 0 Å². The Morgan fingerprint density at radius 2 is 1.94 bits per heavy atom. The average molecular weight is 224 g/mol. The third-order valence-corrected chi connectivity index (χ3v) is 4.28. The van der Waals surface area contributed by atoms with E-state index in [1.165, 1.54) is 45.3 Å². The summed E-state index contributed by atoms with van der Waals surface area (Å²) >= 11 is 0. The van der Waals surface area contributed by atoms with Crippen LogP contribution in [0.4, 0.5) is 0 Å². The zero-order valence-electron chi connectivity index (χ0n) is 11.5. The van der Waals surface area contributed by atoms with E-state index >= 15 is 0 Å². The molecule has 1 aliphatic heterocycles. The molecule has 1 heterocycles. The summed E-state index contributed by atoms with van der Waals surface area (Å²) in [5, 5.41) is 3.65. The van der Waals surface area contributed by atoms with Crippen molar-refractivity contribution in [2.75, 3.05) is 19.6 Å². The van der Waals surface area contributed by atoms with Gasteiger partial charge in [-0.2, -0.15) is 0 Å². The molecule has 1 N–H and O–H groups in total. The summed E-state index contributed by atoms with van der Waals surface area (Å²) in [7, 11) is 0. The molecule has 1 saturated carbocycles. The van der Waals surface area contributed by atoms with Gasteiger partial charge in [0.2, 0.25) is 0 Å². The number of hydrogen-bond donors (Lipinski definition) is 1. The second kappa shape index (κ2) is 4.30. The van der Waals surface area contributed by atoms with Crippen molar-refractivity contribution in [2.45, 2.75) is 65.0 Å². The Balaban J connectivity index is 1.98. The Morgan fingerprint density at radius 3 is 2.56 bits per heavy atom. The summed E-state index contributed by atoms with van der Waals surface area (Å²) in [4.78, 5) is 2.74. The molecule has 0 aromatic rings. The molecule has 2 heteroatoms. The van der Waals surface area contributed by atoms with Crippen molar-refractivity contribution in [3.8, 4) is 0 Å². The summed E-state index contributed by atoms with van der Waals surface area (Å²) in [5.41, 5.74) is 0.873. The van der Waals surface area contributed by atoms with E-state index in [2.05, 4.69) is 37.9 Å². The zero-order chi connectivity index (χ0) is 11.8. The summed E-state index contributed by atoms with van der Waals surface area (Å²) in [6.45, 7) is 13.2. The highest BCUT2D eigenvalue weighted by atomic mass is 15.2. The van der Waals surface area contributed by atoms with Gasteiger partial charge in [0.1, 0.15) is 0 Å². The van der Waals surface area contributed by atoms with E-state index in [-0.39, 0.29) is 0 Å².